The fourth-order valence-corrected chi connectivity index (χ4v) is 1.72. The van der Waals surface area contributed by atoms with Crippen LogP contribution in [0.25, 0.3) is 0 Å². The summed E-state index contributed by atoms with van der Waals surface area (Å²) in [7, 11) is 2.00. The number of nitrogens with one attached hydrogen (secondary N) is 1. The van der Waals surface area contributed by atoms with E-state index in [1.807, 2.05) is 41.1 Å². The summed E-state index contributed by atoms with van der Waals surface area (Å²) in [6, 6.07) is 0.175. The SMILES string of the molecule is CCn1cc(NC(C)c2nccn2C)cn1. The molecule has 2 aromatic rings. The van der Waals surface area contributed by atoms with Gasteiger partial charge < -0.3 is 9.88 Å². The van der Waals surface area contributed by atoms with E-state index in [0.29, 0.717) is 0 Å². The lowest BCUT2D eigenvalue weighted by molar-refractivity contribution is 0.659. The van der Waals surface area contributed by atoms with Gasteiger partial charge in [-0.1, -0.05) is 0 Å². The van der Waals surface area contributed by atoms with Gasteiger partial charge in [0.15, 0.2) is 0 Å². The van der Waals surface area contributed by atoms with Crippen LogP contribution in [0.1, 0.15) is 25.7 Å². The molecule has 16 heavy (non-hydrogen) atoms. The van der Waals surface area contributed by atoms with Crippen molar-refractivity contribution in [3.8, 4) is 0 Å². The molecule has 0 aliphatic heterocycles. The molecule has 0 radical (unpaired) electrons. The summed E-state index contributed by atoms with van der Waals surface area (Å²) in [4.78, 5) is 4.31. The quantitative estimate of drug-likeness (QED) is 0.853. The Bertz CT molecular complexity index is 456. The Kier molecular flexibility index (Phi) is 2.94. The normalized spacial score (nSPS) is 12.7. The molecule has 2 heterocycles. The Morgan fingerprint density at radius 3 is 2.88 bits per heavy atom. The van der Waals surface area contributed by atoms with Crippen LogP contribution in [0.2, 0.25) is 0 Å². The second-order valence-corrected chi connectivity index (χ2v) is 3.85. The maximum Gasteiger partial charge on any atom is 0.130 e. The maximum atomic E-state index is 4.31. The Labute approximate surface area is 95.1 Å². The molecule has 1 unspecified atom stereocenters. The molecule has 5 heteroatoms. The van der Waals surface area contributed by atoms with Gasteiger partial charge in [-0.25, -0.2) is 4.98 Å². The molecule has 0 aliphatic rings. The molecule has 0 aliphatic carbocycles. The summed E-state index contributed by atoms with van der Waals surface area (Å²) in [6.07, 6.45) is 7.59. The first-order valence-corrected chi connectivity index (χ1v) is 5.47. The third-order valence-electron chi connectivity index (χ3n) is 2.59. The largest absolute Gasteiger partial charge is 0.373 e. The zero-order valence-corrected chi connectivity index (χ0v) is 9.88. The van der Waals surface area contributed by atoms with E-state index < -0.39 is 0 Å². The van der Waals surface area contributed by atoms with Crippen LogP contribution in [0.5, 0.6) is 0 Å². The van der Waals surface area contributed by atoms with Gasteiger partial charge in [-0.15, -0.1) is 0 Å². The summed E-state index contributed by atoms with van der Waals surface area (Å²) in [5.41, 5.74) is 1.03. The van der Waals surface area contributed by atoms with Gasteiger partial charge in [-0.3, -0.25) is 4.68 Å². The highest BCUT2D eigenvalue weighted by atomic mass is 15.3. The summed E-state index contributed by atoms with van der Waals surface area (Å²) >= 11 is 0. The van der Waals surface area contributed by atoms with Crippen LogP contribution in [0.4, 0.5) is 5.69 Å². The Hall–Kier alpha value is -1.78. The lowest BCUT2D eigenvalue weighted by atomic mass is 10.3. The minimum Gasteiger partial charge on any atom is -0.373 e. The van der Waals surface area contributed by atoms with Gasteiger partial charge in [0, 0.05) is 32.2 Å². The fraction of sp³-hybridized carbons (Fsp3) is 0.455. The predicted octanol–water partition coefficient (Wildman–Crippen LogP) is 1.81. The average molecular weight is 219 g/mol. The molecule has 2 aromatic heterocycles. The summed E-state index contributed by atoms with van der Waals surface area (Å²) in [5.74, 6) is 1.02. The first-order chi connectivity index (χ1) is 7.70. The topological polar surface area (TPSA) is 47.7 Å². The van der Waals surface area contributed by atoms with E-state index in [4.69, 9.17) is 0 Å². The average Bonchev–Trinajstić information content (AvgIpc) is 2.86. The number of imidazole rings is 1. The number of anilines is 1. The van der Waals surface area contributed by atoms with E-state index in [1.54, 1.807) is 0 Å². The third kappa shape index (κ3) is 2.08. The van der Waals surface area contributed by atoms with Crippen molar-refractivity contribution in [2.45, 2.75) is 26.4 Å². The highest BCUT2D eigenvalue weighted by molar-refractivity contribution is 5.39. The first-order valence-electron chi connectivity index (χ1n) is 5.47. The van der Waals surface area contributed by atoms with Crippen molar-refractivity contribution < 1.29 is 0 Å². The van der Waals surface area contributed by atoms with Crippen LogP contribution in [-0.4, -0.2) is 19.3 Å². The number of hydrogen-bond acceptors (Lipinski definition) is 3. The Morgan fingerprint density at radius 1 is 1.50 bits per heavy atom. The van der Waals surface area contributed by atoms with E-state index in [0.717, 1.165) is 18.1 Å². The number of rotatable bonds is 4. The molecule has 0 saturated heterocycles. The molecule has 1 N–H and O–H groups in total. The van der Waals surface area contributed by atoms with E-state index in [1.165, 1.54) is 0 Å². The standard InChI is InChI=1S/C11H17N5/c1-4-16-8-10(7-13-16)14-9(2)11-12-5-6-15(11)3/h5-9,14H,4H2,1-3H3. The summed E-state index contributed by atoms with van der Waals surface area (Å²) in [6.45, 7) is 5.04. The van der Waals surface area contributed by atoms with Crippen molar-refractivity contribution >= 4 is 5.69 Å². The van der Waals surface area contributed by atoms with Gasteiger partial charge in [0.25, 0.3) is 0 Å². The predicted molar refractivity (Wildman–Crippen MR) is 63.1 cm³/mol. The lowest BCUT2D eigenvalue weighted by Crippen LogP contribution is -2.11. The van der Waals surface area contributed by atoms with Crippen molar-refractivity contribution in [3.05, 3.63) is 30.6 Å². The molecule has 2 rings (SSSR count). The number of nitrogens with zero attached hydrogens (tertiary/aromatic N) is 4. The number of aryl methyl sites for hydroxylation is 2. The Balaban J connectivity index is 2.07. The van der Waals surface area contributed by atoms with Crippen molar-refractivity contribution in [3.63, 3.8) is 0 Å². The molecule has 0 fully saturated rings. The van der Waals surface area contributed by atoms with Gasteiger partial charge in [0.05, 0.1) is 17.9 Å². The molecule has 86 valence electrons. The van der Waals surface area contributed by atoms with Crippen molar-refractivity contribution in [1.29, 1.82) is 0 Å². The van der Waals surface area contributed by atoms with Crippen LogP contribution in [0, 0.1) is 0 Å². The number of aromatic nitrogens is 4. The van der Waals surface area contributed by atoms with Gasteiger partial charge in [0.1, 0.15) is 5.82 Å². The lowest BCUT2D eigenvalue weighted by Gasteiger charge is -2.13. The van der Waals surface area contributed by atoms with Crippen molar-refractivity contribution in [1.82, 2.24) is 19.3 Å². The fourth-order valence-electron chi connectivity index (χ4n) is 1.72. The van der Waals surface area contributed by atoms with Crippen LogP contribution in [0.3, 0.4) is 0 Å². The van der Waals surface area contributed by atoms with Crippen LogP contribution < -0.4 is 5.32 Å². The monoisotopic (exact) mass is 219 g/mol. The molecular weight excluding hydrogens is 202 g/mol. The maximum absolute atomic E-state index is 4.31. The smallest absolute Gasteiger partial charge is 0.130 e. The second-order valence-electron chi connectivity index (χ2n) is 3.85. The zero-order chi connectivity index (χ0) is 11.5. The van der Waals surface area contributed by atoms with Gasteiger partial charge in [0.2, 0.25) is 0 Å². The van der Waals surface area contributed by atoms with E-state index in [2.05, 4.69) is 29.2 Å². The van der Waals surface area contributed by atoms with Crippen LogP contribution in [0.15, 0.2) is 24.8 Å². The molecule has 0 aromatic carbocycles. The molecule has 1 atom stereocenters. The van der Waals surface area contributed by atoms with E-state index in [9.17, 15) is 0 Å². The third-order valence-corrected chi connectivity index (χ3v) is 2.59. The second kappa shape index (κ2) is 4.38. The highest BCUT2D eigenvalue weighted by Gasteiger charge is 2.10. The van der Waals surface area contributed by atoms with Crippen LogP contribution in [-0.2, 0) is 13.6 Å². The minimum absolute atomic E-state index is 0.175. The van der Waals surface area contributed by atoms with Gasteiger partial charge in [-0.2, -0.15) is 5.10 Å². The van der Waals surface area contributed by atoms with E-state index in [-0.39, 0.29) is 6.04 Å². The van der Waals surface area contributed by atoms with Gasteiger partial charge in [-0.05, 0) is 13.8 Å². The van der Waals surface area contributed by atoms with Gasteiger partial charge >= 0.3 is 0 Å². The van der Waals surface area contributed by atoms with E-state index >= 15 is 0 Å². The van der Waals surface area contributed by atoms with Crippen LogP contribution >= 0.6 is 0 Å². The van der Waals surface area contributed by atoms with Crippen molar-refractivity contribution in [2.24, 2.45) is 7.05 Å². The highest BCUT2D eigenvalue weighted by Crippen LogP contribution is 2.16. The molecular formula is C11H17N5. The molecule has 0 amide bonds. The summed E-state index contributed by atoms with van der Waals surface area (Å²) < 4.78 is 3.91. The molecule has 5 nitrogen and oxygen atoms in total. The minimum atomic E-state index is 0.175. The molecule has 0 spiro atoms. The number of hydrogen-bond donors (Lipinski definition) is 1. The zero-order valence-electron chi connectivity index (χ0n) is 9.88. The molecule has 0 bridgehead atoms. The molecule has 0 saturated carbocycles. The first kappa shape index (κ1) is 10.7. The Morgan fingerprint density at radius 2 is 2.31 bits per heavy atom. The summed E-state index contributed by atoms with van der Waals surface area (Å²) in [5, 5.41) is 7.59. The van der Waals surface area contributed by atoms with Crippen molar-refractivity contribution in [2.75, 3.05) is 5.32 Å².